The predicted octanol–water partition coefficient (Wildman–Crippen LogP) is 2.17. The van der Waals surface area contributed by atoms with Crippen LogP contribution in [0, 0.1) is 0 Å². The van der Waals surface area contributed by atoms with Gasteiger partial charge >= 0.3 is 0 Å². The molecule has 0 atom stereocenters. The van der Waals surface area contributed by atoms with Crippen LogP contribution in [0.4, 0.5) is 0 Å². The Labute approximate surface area is 100 Å². The van der Waals surface area contributed by atoms with E-state index in [0.717, 1.165) is 0 Å². The Kier molecular flexibility index (Phi) is 3.33. The minimum absolute atomic E-state index is 0.147. The lowest BCUT2D eigenvalue weighted by atomic mass is 10.3. The highest BCUT2D eigenvalue weighted by Gasteiger charge is 2.22. The smallest absolute Gasteiger partial charge is 0.289 e. The average Bonchev–Trinajstić information content (AvgIpc) is 2.59. The van der Waals surface area contributed by atoms with Crippen LogP contribution in [-0.2, 0) is 4.74 Å². The minimum atomic E-state index is -0.147. The van der Waals surface area contributed by atoms with Gasteiger partial charge in [0.25, 0.3) is 5.91 Å². The Balaban J connectivity index is 2.12. The number of hydrogen-bond acceptors (Lipinski definition) is 3. The molecule has 15 heavy (non-hydrogen) atoms. The molecule has 0 aliphatic carbocycles. The van der Waals surface area contributed by atoms with Crippen molar-refractivity contribution in [1.82, 2.24) is 4.90 Å². The lowest BCUT2D eigenvalue weighted by Gasteiger charge is -2.25. The van der Waals surface area contributed by atoms with Crippen molar-refractivity contribution in [2.24, 2.45) is 0 Å². The average molecular weight is 295 g/mol. The first-order chi connectivity index (χ1) is 7.18. The van der Waals surface area contributed by atoms with Gasteiger partial charge in [-0.15, -0.1) is 0 Å². The SMILES string of the molecule is O=C(c1cc(Br)c(Cl)o1)N1CCOCC1. The topological polar surface area (TPSA) is 42.7 Å². The summed E-state index contributed by atoms with van der Waals surface area (Å²) in [5, 5.41) is 0.201. The summed E-state index contributed by atoms with van der Waals surface area (Å²) in [6.45, 7) is 2.33. The number of hydrogen-bond donors (Lipinski definition) is 0. The van der Waals surface area contributed by atoms with Gasteiger partial charge in [-0.2, -0.15) is 0 Å². The molecule has 0 bridgehead atoms. The Hall–Kier alpha value is -0.520. The normalized spacial score (nSPS) is 16.8. The van der Waals surface area contributed by atoms with Crippen LogP contribution in [0.15, 0.2) is 15.0 Å². The van der Waals surface area contributed by atoms with Crippen LogP contribution in [0.3, 0.4) is 0 Å². The zero-order valence-corrected chi connectivity index (χ0v) is 10.2. The zero-order valence-electron chi connectivity index (χ0n) is 7.83. The van der Waals surface area contributed by atoms with Gasteiger partial charge in [0.1, 0.15) is 0 Å². The van der Waals surface area contributed by atoms with Crippen LogP contribution in [0.2, 0.25) is 5.22 Å². The number of carbonyl (C=O) groups excluding carboxylic acids is 1. The Morgan fingerprint density at radius 1 is 1.47 bits per heavy atom. The molecule has 1 saturated heterocycles. The molecule has 6 heteroatoms. The monoisotopic (exact) mass is 293 g/mol. The maximum absolute atomic E-state index is 11.9. The number of nitrogens with zero attached hydrogens (tertiary/aromatic N) is 1. The van der Waals surface area contributed by atoms with Crippen molar-refractivity contribution in [3.05, 3.63) is 21.5 Å². The maximum atomic E-state index is 11.9. The predicted molar refractivity (Wildman–Crippen MR) is 58.1 cm³/mol. The second-order valence-electron chi connectivity index (χ2n) is 3.14. The quantitative estimate of drug-likeness (QED) is 0.797. The highest BCUT2D eigenvalue weighted by Crippen LogP contribution is 2.27. The molecule has 1 aromatic rings. The van der Waals surface area contributed by atoms with Crippen molar-refractivity contribution in [2.75, 3.05) is 26.3 Å². The number of halogens is 2. The standard InChI is InChI=1S/C9H9BrClNO3/c10-6-5-7(15-8(6)11)9(13)12-1-3-14-4-2-12/h5H,1-4H2. The molecule has 1 aliphatic rings. The molecule has 82 valence electrons. The van der Waals surface area contributed by atoms with Gasteiger partial charge < -0.3 is 14.1 Å². The van der Waals surface area contributed by atoms with E-state index >= 15 is 0 Å². The van der Waals surface area contributed by atoms with Crippen LogP contribution in [0.25, 0.3) is 0 Å². The van der Waals surface area contributed by atoms with E-state index in [1.807, 2.05) is 0 Å². The molecule has 1 aromatic heterocycles. The van der Waals surface area contributed by atoms with Gasteiger partial charge in [0.05, 0.1) is 17.7 Å². The summed E-state index contributed by atoms with van der Waals surface area (Å²) < 4.78 is 10.9. The summed E-state index contributed by atoms with van der Waals surface area (Å²) >= 11 is 8.89. The molecule has 0 unspecified atom stereocenters. The van der Waals surface area contributed by atoms with Gasteiger partial charge in [-0.25, -0.2) is 0 Å². The molecule has 4 nitrogen and oxygen atoms in total. The van der Waals surface area contributed by atoms with Crippen molar-refractivity contribution >= 4 is 33.4 Å². The summed E-state index contributed by atoms with van der Waals surface area (Å²) in [5.74, 6) is 0.111. The van der Waals surface area contributed by atoms with E-state index in [4.69, 9.17) is 20.8 Å². The minimum Gasteiger partial charge on any atom is -0.438 e. The van der Waals surface area contributed by atoms with Crippen molar-refractivity contribution in [3.8, 4) is 0 Å². The van der Waals surface area contributed by atoms with Gasteiger partial charge in [0.2, 0.25) is 5.22 Å². The highest BCUT2D eigenvalue weighted by molar-refractivity contribution is 9.10. The number of ether oxygens (including phenoxy) is 1. The third-order valence-corrected chi connectivity index (χ3v) is 3.25. The Morgan fingerprint density at radius 2 is 2.13 bits per heavy atom. The van der Waals surface area contributed by atoms with Crippen molar-refractivity contribution in [1.29, 1.82) is 0 Å². The number of furan rings is 1. The second-order valence-corrected chi connectivity index (χ2v) is 4.33. The zero-order chi connectivity index (χ0) is 10.8. The van der Waals surface area contributed by atoms with E-state index in [1.165, 1.54) is 0 Å². The summed E-state index contributed by atoms with van der Waals surface area (Å²) in [7, 11) is 0. The van der Waals surface area contributed by atoms with Gasteiger partial charge in [-0.3, -0.25) is 4.79 Å². The van der Waals surface area contributed by atoms with Crippen molar-refractivity contribution < 1.29 is 13.9 Å². The number of amides is 1. The lowest BCUT2D eigenvalue weighted by Crippen LogP contribution is -2.40. The maximum Gasteiger partial charge on any atom is 0.289 e. The Morgan fingerprint density at radius 3 is 2.67 bits per heavy atom. The molecular formula is C9H9BrClNO3. The molecule has 1 fully saturated rings. The van der Waals surface area contributed by atoms with Crippen molar-refractivity contribution in [3.63, 3.8) is 0 Å². The summed E-state index contributed by atoms with van der Waals surface area (Å²) in [6.07, 6.45) is 0. The third-order valence-electron chi connectivity index (χ3n) is 2.15. The van der Waals surface area contributed by atoms with Gasteiger partial charge in [0, 0.05) is 19.2 Å². The molecule has 1 aliphatic heterocycles. The molecule has 0 spiro atoms. The lowest BCUT2D eigenvalue weighted by molar-refractivity contribution is 0.0283. The van der Waals surface area contributed by atoms with E-state index in [0.29, 0.717) is 30.8 Å². The van der Waals surface area contributed by atoms with Crippen LogP contribution >= 0.6 is 27.5 Å². The first-order valence-electron chi connectivity index (χ1n) is 4.50. The number of rotatable bonds is 1. The number of carbonyl (C=O) groups is 1. The Bertz CT molecular complexity index is 354. The summed E-state index contributed by atoms with van der Waals surface area (Å²) in [4.78, 5) is 13.5. The van der Waals surface area contributed by atoms with Crippen molar-refractivity contribution in [2.45, 2.75) is 0 Å². The van der Waals surface area contributed by atoms with Gasteiger partial charge in [0.15, 0.2) is 5.76 Å². The third kappa shape index (κ3) is 2.35. The number of morpholine rings is 1. The molecule has 0 radical (unpaired) electrons. The van der Waals surface area contributed by atoms with Crippen LogP contribution < -0.4 is 0 Å². The van der Waals surface area contributed by atoms with Crippen LogP contribution in [0.1, 0.15) is 10.6 Å². The van der Waals surface area contributed by atoms with E-state index in [-0.39, 0.29) is 16.9 Å². The summed E-state index contributed by atoms with van der Waals surface area (Å²) in [6, 6.07) is 1.58. The molecule has 0 aromatic carbocycles. The van der Waals surface area contributed by atoms with Gasteiger partial charge in [-0.1, -0.05) is 0 Å². The molecule has 0 N–H and O–H groups in total. The van der Waals surface area contributed by atoms with Crippen LogP contribution in [-0.4, -0.2) is 37.1 Å². The highest BCUT2D eigenvalue weighted by atomic mass is 79.9. The second kappa shape index (κ2) is 4.55. The first-order valence-corrected chi connectivity index (χ1v) is 5.67. The molecule has 2 heterocycles. The fourth-order valence-electron chi connectivity index (χ4n) is 1.37. The van der Waals surface area contributed by atoms with E-state index in [9.17, 15) is 4.79 Å². The fraction of sp³-hybridized carbons (Fsp3) is 0.444. The molecular weight excluding hydrogens is 285 g/mol. The summed E-state index contributed by atoms with van der Waals surface area (Å²) in [5.41, 5.74) is 0. The van der Waals surface area contributed by atoms with Gasteiger partial charge in [-0.05, 0) is 27.5 Å². The molecule has 2 rings (SSSR count). The van der Waals surface area contributed by atoms with Crippen LogP contribution in [0.5, 0.6) is 0 Å². The van der Waals surface area contributed by atoms with E-state index in [2.05, 4.69) is 15.9 Å². The largest absolute Gasteiger partial charge is 0.438 e. The van der Waals surface area contributed by atoms with E-state index < -0.39 is 0 Å². The molecule has 1 amide bonds. The first kappa shape index (κ1) is 11.0. The fourth-order valence-corrected chi connectivity index (χ4v) is 1.80. The van der Waals surface area contributed by atoms with E-state index in [1.54, 1.807) is 11.0 Å². The molecule has 0 saturated carbocycles.